The molecule has 0 atom stereocenters. The first-order chi connectivity index (χ1) is 10.5. The molecule has 1 aromatic carbocycles. The minimum atomic E-state index is -0.864. The van der Waals surface area contributed by atoms with Crippen LogP contribution in [0, 0.1) is 11.6 Å². The molecule has 1 aromatic heterocycles. The molecule has 5 nitrogen and oxygen atoms in total. The van der Waals surface area contributed by atoms with Crippen LogP contribution in [0.4, 0.5) is 14.5 Å². The predicted octanol–water partition coefficient (Wildman–Crippen LogP) is 2.81. The number of amides is 1. The van der Waals surface area contributed by atoms with Crippen LogP contribution < -0.4 is 5.32 Å². The fourth-order valence-electron chi connectivity index (χ4n) is 1.50. The maximum absolute atomic E-state index is 13.3. The van der Waals surface area contributed by atoms with Crippen molar-refractivity contribution in [2.45, 2.75) is 0 Å². The van der Waals surface area contributed by atoms with Crippen LogP contribution in [0.5, 0.6) is 0 Å². The number of nitrogens with one attached hydrogen (secondary N) is 1. The number of rotatable bonds is 4. The van der Waals surface area contributed by atoms with E-state index in [9.17, 15) is 18.4 Å². The van der Waals surface area contributed by atoms with Gasteiger partial charge in [0.25, 0.3) is 5.91 Å². The maximum Gasteiger partial charge on any atom is 0.357 e. The Hall–Kier alpha value is -2.54. The summed E-state index contributed by atoms with van der Waals surface area (Å²) in [5.74, 6) is -3.20. The number of esters is 1. The molecule has 0 aliphatic rings. The van der Waals surface area contributed by atoms with Gasteiger partial charge in [0.15, 0.2) is 6.61 Å². The van der Waals surface area contributed by atoms with Crippen molar-refractivity contribution in [3.8, 4) is 0 Å². The molecule has 0 radical (unpaired) electrons. The van der Waals surface area contributed by atoms with Crippen LogP contribution >= 0.6 is 11.6 Å². The van der Waals surface area contributed by atoms with Gasteiger partial charge >= 0.3 is 5.97 Å². The quantitative estimate of drug-likeness (QED) is 0.877. The number of hydrogen-bond donors (Lipinski definition) is 1. The number of nitrogens with zero attached hydrogens (tertiary/aromatic N) is 1. The molecular formula is C14H9ClF2N2O3. The maximum atomic E-state index is 13.3. The number of aromatic nitrogens is 1. The van der Waals surface area contributed by atoms with Crippen LogP contribution in [0.2, 0.25) is 5.02 Å². The lowest BCUT2D eigenvalue weighted by molar-refractivity contribution is -0.119. The van der Waals surface area contributed by atoms with Gasteiger partial charge in [-0.15, -0.1) is 0 Å². The van der Waals surface area contributed by atoms with E-state index in [0.717, 1.165) is 18.2 Å². The van der Waals surface area contributed by atoms with E-state index >= 15 is 0 Å². The average molecular weight is 327 g/mol. The van der Waals surface area contributed by atoms with Gasteiger partial charge in [-0.2, -0.15) is 0 Å². The van der Waals surface area contributed by atoms with Crippen LogP contribution in [0.15, 0.2) is 36.5 Å². The Balaban J connectivity index is 1.93. The molecule has 0 aliphatic carbocycles. The SMILES string of the molecule is O=C(COC(=O)c1cc(Cl)ccn1)Nc1cc(F)ccc1F. The Bertz CT molecular complexity index is 725. The number of halogens is 3. The molecule has 0 saturated heterocycles. The molecule has 22 heavy (non-hydrogen) atoms. The molecule has 1 amide bonds. The van der Waals surface area contributed by atoms with E-state index in [2.05, 4.69) is 10.3 Å². The second kappa shape index (κ2) is 6.95. The van der Waals surface area contributed by atoms with Gasteiger partial charge in [-0.05, 0) is 24.3 Å². The Morgan fingerprint density at radius 2 is 2.00 bits per heavy atom. The molecule has 0 unspecified atom stereocenters. The molecule has 0 spiro atoms. The van der Waals surface area contributed by atoms with Crippen LogP contribution in [-0.2, 0) is 9.53 Å². The monoisotopic (exact) mass is 326 g/mol. The molecule has 2 rings (SSSR count). The van der Waals surface area contributed by atoms with Crippen molar-refractivity contribution in [2.75, 3.05) is 11.9 Å². The van der Waals surface area contributed by atoms with Gasteiger partial charge in [0.2, 0.25) is 0 Å². The van der Waals surface area contributed by atoms with E-state index in [1.165, 1.54) is 18.3 Å². The summed E-state index contributed by atoms with van der Waals surface area (Å²) in [6.45, 7) is -0.678. The van der Waals surface area contributed by atoms with Gasteiger partial charge in [-0.25, -0.2) is 18.6 Å². The highest BCUT2D eigenvalue weighted by Gasteiger charge is 2.13. The number of carbonyl (C=O) groups excluding carboxylic acids is 2. The Morgan fingerprint density at radius 3 is 2.73 bits per heavy atom. The van der Waals surface area contributed by atoms with Crippen LogP contribution in [0.3, 0.4) is 0 Å². The second-order valence-corrected chi connectivity index (χ2v) is 4.54. The normalized spacial score (nSPS) is 10.1. The number of ether oxygens (including phenoxy) is 1. The Morgan fingerprint density at radius 1 is 1.23 bits per heavy atom. The molecule has 0 saturated carbocycles. The zero-order valence-corrected chi connectivity index (χ0v) is 11.7. The lowest BCUT2D eigenvalue weighted by Gasteiger charge is -2.07. The zero-order valence-electron chi connectivity index (χ0n) is 11.0. The van der Waals surface area contributed by atoms with Crippen molar-refractivity contribution in [3.63, 3.8) is 0 Å². The van der Waals surface area contributed by atoms with E-state index in [-0.39, 0.29) is 16.4 Å². The molecule has 1 heterocycles. The molecule has 2 aromatic rings. The molecule has 114 valence electrons. The summed E-state index contributed by atoms with van der Waals surface area (Å²) in [5, 5.41) is 2.38. The van der Waals surface area contributed by atoms with Crippen molar-refractivity contribution in [2.24, 2.45) is 0 Å². The first-order valence-electron chi connectivity index (χ1n) is 5.99. The van der Waals surface area contributed by atoms with E-state index in [0.29, 0.717) is 0 Å². The van der Waals surface area contributed by atoms with Crippen LogP contribution in [-0.4, -0.2) is 23.5 Å². The zero-order chi connectivity index (χ0) is 16.1. The number of benzene rings is 1. The van der Waals surface area contributed by atoms with Crippen molar-refractivity contribution < 1.29 is 23.1 Å². The van der Waals surface area contributed by atoms with Gasteiger partial charge in [-0.1, -0.05) is 11.6 Å². The largest absolute Gasteiger partial charge is 0.451 e. The summed E-state index contributed by atoms with van der Waals surface area (Å²) in [6.07, 6.45) is 1.31. The second-order valence-electron chi connectivity index (χ2n) is 4.11. The number of anilines is 1. The summed E-state index contributed by atoms with van der Waals surface area (Å²) in [4.78, 5) is 26.9. The highest BCUT2D eigenvalue weighted by molar-refractivity contribution is 6.30. The number of hydrogen-bond acceptors (Lipinski definition) is 4. The molecule has 0 aliphatic heterocycles. The topological polar surface area (TPSA) is 68.3 Å². The summed E-state index contributed by atoms with van der Waals surface area (Å²) in [5.41, 5.74) is -0.417. The van der Waals surface area contributed by atoms with E-state index in [4.69, 9.17) is 16.3 Å². The first kappa shape index (κ1) is 15.8. The molecule has 0 bridgehead atoms. The number of carbonyl (C=O) groups is 2. The summed E-state index contributed by atoms with van der Waals surface area (Å²) in [6, 6.07) is 5.34. The third kappa shape index (κ3) is 4.23. The summed E-state index contributed by atoms with van der Waals surface area (Å²) < 4.78 is 31.0. The first-order valence-corrected chi connectivity index (χ1v) is 6.37. The van der Waals surface area contributed by atoms with Crippen molar-refractivity contribution in [1.82, 2.24) is 4.98 Å². The van der Waals surface area contributed by atoms with Gasteiger partial charge in [0, 0.05) is 17.3 Å². The average Bonchev–Trinajstić information content (AvgIpc) is 2.48. The lowest BCUT2D eigenvalue weighted by Crippen LogP contribution is -2.22. The Labute approximate surface area is 128 Å². The van der Waals surface area contributed by atoms with Gasteiger partial charge < -0.3 is 10.1 Å². The number of pyridine rings is 1. The van der Waals surface area contributed by atoms with E-state index in [1.54, 1.807) is 0 Å². The standard InChI is InChI=1S/C14H9ClF2N2O3/c15-8-3-4-18-12(5-8)14(21)22-7-13(20)19-11-6-9(16)1-2-10(11)17/h1-6H,7H2,(H,19,20). The molecular weight excluding hydrogens is 318 g/mol. The minimum absolute atomic E-state index is 0.0720. The van der Waals surface area contributed by atoms with E-state index in [1.807, 2.05) is 0 Å². The summed E-state index contributed by atoms with van der Waals surface area (Å²) >= 11 is 5.69. The van der Waals surface area contributed by atoms with Crippen LogP contribution in [0.1, 0.15) is 10.5 Å². The Kier molecular flexibility index (Phi) is 5.00. The third-order valence-corrected chi connectivity index (χ3v) is 2.70. The van der Waals surface area contributed by atoms with Gasteiger partial charge in [-0.3, -0.25) is 4.79 Å². The van der Waals surface area contributed by atoms with Gasteiger partial charge in [0.1, 0.15) is 17.3 Å². The summed E-state index contributed by atoms with van der Waals surface area (Å²) in [7, 11) is 0. The molecule has 8 heteroatoms. The van der Waals surface area contributed by atoms with Crippen LogP contribution in [0.25, 0.3) is 0 Å². The highest BCUT2D eigenvalue weighted by atomic mass is 35.5. The van der Waals surface area contributed by atoms with Gasteiger partial charge in [0.05, 0.1) is 5.69 Å². The van der Waals surface area contributed by atoms with Crippen molar-refractivity contribution in [1.29, 1.82) is 0 Å². The fourth-order valence-corrected chi connectivity index (χ4v) is 1.66. The third-order valence-electron chi connectivity index (χ3n) is 2.47. The van der Waals surface area contributed by atoms with Crippen molar-refractivity contribution in [3.05, 3.63) is 58.9 Å². The highest BCUT2D eigenvalue weighted by Crippen LogP contribution is 2.15. The molecule has 1 N–H and O–H groups in total. The van der Waals surface area contributed by atoms with E-state index < -0.39 is 30.1 Å². The lowest BCUT2D eigenvalue weighted by atomic mass is 10.3. The molecule has 0 fully saturated rings. The van der Waals surface area contributed by atoms with Crippen molar-refractivity contribution >= 4 is 29.2 Å². The fraction of sp³-hybridized carbons (Fsp3) is 0.0714. The smallest absolute Gasteiger partial charge is 0.357 e. The minimum Gasteiger partial charge on any atom is -0.451 e. The predicted molar refractivity (Wildman–Crippen MR) is 74.5 cm³/mol.